The van der Waals surface area contributed by atoms with Crippen LogP contribution in [-0.2, 0) is 16.0 Å². The van der Waals surface area contributed by atoms with Crippen molar-refractivity contribution in [3.8, 4) is 0 Å². The maximum absolute atomic E-state index is 12.8. The molecular weight excluding hydrogens is 407 g/mol. The molecule has 1 aliphatic rings. The largest absolute Gasteiger partial charge is 0.416 e. The Morgan fingerprint density at radius 3 is 2.67 bits per heavy atom. The summed E-state index contributed by atoms with van der Waals surface area (Å²) in [5, 5.41) is 2.82. The molecule has 0 aliphatic carbocycles. The Kier molecular flexibility index (Phi) is 4.98. The molecule has 0 saturated carbocycles. The Bertz CT molecular complexity index is 1070. The molecule has 1 saturated heterocycles. The summed E-state index contributed by atoms with van der Waals surface area (Å²) < 4.78 is 62.9. The normalized spacial score (nSPS) is 19.8. The fraction of sp³-hybridized carbons (Fsp3) is 0.375. The Hall–Kier alpha value is -2.07. The minimum atomic E-state index is -4.54. The zero-order valence-corrected chi connectivity index (χ0v) is 15.6. The number of hydrogen-bond donors (Lipinski definition) is 1. The highest BCUT2D eigenvalue weighted by atomic mass is 35.5. The first kappa shape index (κ1) is 19.7. The first-order valence-corrected chi connectivity index (χ1v) is 10.1. The van der Waals surface area contributed by atoms with Crippen LogP contribution in [0.5, 0.6) is 0 Å². The third-order valence-electron chi connectivity index (χ3n) is 4.32. The lowest BCUT2D eigenvalue weighted by Gasteiger charge is -2.08. The first-order chi connectivity index (χ1) is 12.5. The molecule has 6 nitrogen and oxygen atoms in total. The molecular formula is C16H15ClF3N3O3S. The number of nitrogens with zero attached hydrogens (tertiary/aromatic N) is 2. The van der Waals surface area contributed by atoms with Crippen molar-refractivity contribution in [1.29, 1.82) is 0 Å². The number of alkyl halides is 3. The van der Waals surface area contributed by atoms with Gasteiger partial charge < -0.3 is 0 Å². The van der Waals surface area contributed by atoms with E-state index in [1.807, 2.05) is 0 Å². The number of aryl methyl sites for hydroxylation is 1. The Labute approximate surface area is 157 Å². The highest BCUT2D eigenvalue weighted by molar-refractivity contribution is 7.91. The quantitative estimate of drug-likeness (QED) is 0.772. The van der Waals surface area contributed by atoms with Crippen LogP contribution in [0.2, 0.25) is 5.02 Å². The van der Waals surface area contributed by atoms with E-state index in [1.165, 1.54) is 4.68 Å². The maximum Gasteiger partial charge on any atom is 0.416 e. The van der Waals surface area contributed by atoms with Crippen molar-refractivity contribution in [1.82, 2.24) is 9.78 Å². The molecule has 3 rings (SSSR count). The van der Waals surface area contributed by atoms with Gasteiger partial charge in [0.05, 0.1) is 39.4 Å². The van der Waals surface area contributed by atoms with E-state index in [9.17, 15) is 26.4 Å². The monoisotopic (exact) mass is 421 g/mol. The van der Waals surface area contributed by atoms with Crippen molar-refractivity contribution in [3.05, 3.63) is 50.4 Å². The third kappa shape index (κ3) is 4.11. The van der Waals surface area contributed by atoms with Crippen molar-refractivity contribution in [3.63, 3.8) is 0 Å². The first-order valence-electron chi connectivity index (χ1n) is 7.90. The summed E-state index contributed by atoms with van der Waals surface area (Å²) in [7, 11) is -3.18. The molecule has 1 unspecified atom stereocenters. The second-order valence-electron chi connectivity index (χ2n) is 6.30. The number of halogens is 4. The predicted octanol–water partition coefficient (Wildman–Crippen LogP) is 3.27. The number of aromatic amines is 1. The number of benzene rings is 1. The molecule has 11 heteroatoms. The number of sulfone groups is 1. The number of aliphatic imine (C=N–C) groups is 1. The molecule has 27 heavy (non-hydrogen) atoms. The Morgan fingerprint density at radius 1 is 1.37 bits per heavy atom. The van der Waals surface area contributed by atoms with Crippen molar-refractivity contribution in [2.75, 3.05) is 11.5 Å². The van der Waals surface area contributed by atoms with Crippen LogP contribution < -0.4 is 5.56 Å². The van der Waals surface area contributed by atoms with Crippen molar-refractivity contribution in [2.24, 2.45) is 4.99 Å². The van der Waals surface area contributed by atoms with E-state index in [-0.39, 0.29) is 27.8 Å². The van der Waals surface area contributed by atoms with Gasteiger partial charge in [-0.3, -0.25) is 14.9 Å². The van der Waals surface area contributed by atoms with Crippen LogP contribution in [0.3, 0.4) is 0 Å². The van der Waals surface area contributed by atoms with Gasteiger partial charge in [0.2, 0.25) is 0 Å². The Morgan fingerprint density at radius 2 is 2.07 bits per heavy atom. The number of aromatic nitrogens is 2. The zero-order valence-electron chi connectivity index (χ0n) is 14.0. The summed E-state index contributed by atoms with van der Waals surface area (Å²) in [5.41, 5.74) is -0.953. The average molecular weight is 422 g/mol. The summed E-state index contributed by atoms with van der Waals surface area (Å²) in [5.74, 6) is -0.131. The van der Waals surface area contributed by atoms with Gasteiger partial charge in [-0.15, -0.1) is 0 Å². The van der Waals surface area contributed by atoms with Gasteiger partial charge in [0.25, 0.3) is 5.56 Å². The van der Waals surface area contributed by atoms with Gasteiger partial charge in [-0.1, -0.05) is 11.6 Å². The molecule has 1 atom stereocenters. The molecule has 1 fully saturated rings. The lowest BCUT2D eigenvalue weighted by atomic mass is 10.2. The number of hydrogen-bond acceptors (Lipinski definition) is 4. The fourth-order valence-corrected chi connectivity index (χ4v) is 4.76. The predicted molar refractivity (Wildman–Crippen MR) is 95.8 cm³/mol. The molecule has 0 bridgehead atoms. The minimum absolute atomic E-state index is 0.00540. The smallest absolute Gasteiger partial charge is 0.299 e. The van der Waals surface area contributed by atoms with Gasteiger partial charge in [0.1, 0.15) is 0 Å². The van der Waals surface area contributed by atoms with Gasteiger partial charge in [-0.2, -0.15) is 13.2 Å². The van der Waals surface area contributed by atoms with E-state index >= 15 is 0 Å². The van der Waals surface area contributed by atoms with Crippen LogP contribution in [0.4, 0.5) is 18.9 Å². The van der Waals surface area contributed by atoms with Crippen LogP contribution in [0.1, 0.15) is 29.3 Å². The van der Waals surface area contributed by atoms with Crippen LogP contribution in [-0.4, -0.2) is 35.9 Å². The second-order valence-corrected chi connectivity index (χ2v) is 8.94. The molecule has 1 N–H and O–H groups in total. The SMILES string of the molecule is Cc1[nH]n(C2CCS(=O)(=O)C2)c(=O)c1C=Nc1cc(C(F)(F)F)ccc1Cl. The molecule has 0 amide bonds. The summed E-state index contributed by atoms with van der Waals surface area (Å²) >= 11 is 5.89. The average Bonchev–Trinajstić information content (AvgIpc) is 3.05. The highest BCUT2D eigenvalue weighted by Crippen LogP contribution is 2.35. The number of rotatable bonds is 3. The lowest BCUT2D eigenvalue weighted by molar-refractivity contribution is -0.137. The fourth-order valence-electron chi connectivity index (χ4n) is 2.89. The van der Waals surface area contributed by atoms with Gasteiger partial charge in [-0.05, 0) is 31.5 Å². The van der Waals surface area contributed by atoms with Crippen molar-refractivity contribution in [2.45, 2.75) is 25.6 Å². The summed E-state index contributed by atoms with van der Waals surface area (Å²) in [6, 6.07) is 2.22. The van der Waals surface area contributed by atoms with E-state index in [4.69, 9.17) is 11.6 Å². The summed E-state index contributed by atoms with van der Waals surface area (Å²) in [6.07, 6.45) is -3.09. The zero-order chi connectivity index (χ0) is 20.0. The maximum atomic E-state index is 12.8. The molecule has 146 valence electrons. The molecule has 1 aromatic carbocycles. The molecule has 0 radical (unpaired) electrons. The van der Waals surface area contributed by atoms with Crippen molar-refractivity contribution < 1.29 is 21.6 Å². The summed E-state index contributed by atoms with van der Waals surface area (Å²) in [4.78, 5) is 16.5. The molecule has 1 aromatic heterocycles. The van der Waals surface area contributed by atoms with E-state index in [0.29, 0.717) is 12.1 Å². The highest BCUT2D eigenvalue weighted by Gasteiger charge is 2.32. The molecule has 1 aliphatic heterocycles. The van der Waals surface area contributed by atoms with E-state index < -0.39 is 33.2 Å². The van der Waals surface area contributed by atoms with Crippen LogP contribution in [0, 0.1) is 6.92 Å². The van der Waals surface area contributed by atoms with Crippen LogP contribution in [0.25, 0.3) is 0 Å². The topological polar surface area (TPSA) is 84.3 Å². The van der Waals surface area contributed by atoms with Crippen molar-refractivity contribution >= 4 is 33.3 Å². The van der Waals surface area contributed by atoms with Gasteiger partial charge in [0, 0.05) is 11.9 Å². The van der Waals surface area contributed by atoms with Crippen LogP contribution in [0.15, 0.2) is 28.0 Å². The van der Waals surface area contributed by atoms with Gasteiger partial charge in [-0.25, -0.2) is 13.1 Å². The molecule has 2 aromatic rings. The minimum Gasteiger partial charge on any atom is -0.299 e. The summed E-state index contributed by atoms with van der Waals surface area (Å²) in [6.45, 7) is 1.59. The third-order valence-corrected chi connectivity index (χ3v) is 6.39. The van der Waals surface area contributed by atoms with Gasteiger partial charge >= 0.3 is 6.18 Å². The van der Waals surface area contributed by atoms with E-state index in [0.717, 1.165) is 24.4 Å². The van der Waals surface area contributed by atoms with Gasteiger partial charge in [0.15, 0.2) is 9.84 Å². The van der Waals surface area contributed by atoms with E-state index in [2.05, 4.69) is 10.1 Å². The van der Waals surface area contributed by atoms with E-state index in [1.54, 1.807) is 6.92 Å². The molecule has 0 spiro atoms. The standard InChI is InChI=1S/C16H15ClF3N3O3S/c1-9-12(15(24)23(22-9)11-4-5-27(25,26)8-11)7-21-14-6-10(16(18,19)20)2-3-13(14)17/h2-3,6-7,11,22H,4-5,8H2,1H3. The number of H-pyrrole nitrogens is 1. The Balaban J connectivity index is 1.94. The second kappa shape index (κ2) is 6.83. The molecule has 2 heterocycles. The van der Waals surface area contributed by atoms with Crippen LogP contribution >= 0.6 is 11.6 Å². The lowest BCUT2D eigenvalue weighted by Crippen LogP contribution is -2.25. The number of nitrogens with one attached hydrogen (secondary N) is 1.